The average Bonchev–Trinajstić information content (AvgIpc) is 2.77. The number of carbonyl (C=O) groups excluding carboxylic acids is 1. The highest BCUT2D eigenvalue weighted by atomic mass is 32.2. The molecule has 0 bridgehead atoms. The maximum atomic E-state index is 13.2. The second kappa shape index (κ2) is 9.56. The van der Waals surface area contributed by atoms with Crippen LogP contribution in [0.25, 0.3) is 0 Å². The van der Waals surface area contributed by atoms with Gasteiger partial charge in [-0.05, 0) is 44.0 Å². The zero-order valence-corrected chi connectivity index (χ0v) is 18.7. The van der Waals surface area contributed by atoms with E-state index in [1.54, 1.807) is 19.1 Å². The maximum absolute atomic E-state index is 13.2. The number of hydrogen-bond acceptors (Lipinski definition) is 7. The van der Waals surface area contributed by atoms with Gasteiger partial charge in [-0.2, -0.15) is 9.57 Å². The van der Waals surface area contributed by atoms with Crippen molar-refractivity contribution in [2.24, 2.45) is 0 Å². The Labute approximate surface area is 187 Å². The van der Waals surface area contributed by atoms with E-state index in [1.165, 1.54) is 35.5 Å². The van der Waals surface area contributed by atoms with Crippen LogP contribution in [0.1, 0.15) is 25.0 Å². The molecular weight excluding hydrogens is 432 g/mol. The van der Waals surface area contributed by atoms with Gasteiger partial charge in [0, 0.05) is 31.7 Å². The number of nitrogens with zero attached hydrogens (tertiary/aromatic N) is 4. The maximum Gasteiger partial charge on any atom is 0.289 e. The molecule has 0 unspecified atom stereocenters. The number of nitro benzene ring substituents is 1. The number of rotatable bonds is 7. The van der Waals surface area contributed by atoms with Crippen molar-refractivity contribution >= 4 is 21.5 Å². The second-order valence-corrected chi connectivity index (χ2v) is 9.68. The fourth-order valence-corrected chi connectivity index (χ4v) is 5.80. The first-order chi connectivity index (χ1) is 15.1. The molecule has 168 valence electrons. The lowest BCUT2D eigenvalue weighted by Crippen LogP contribution is -2.58. The van der Waals surface area contributed by atoms with E-state index < -0.39 is 32.7 Å². The van der Waals surface area contributed by atoms with E-state index in [4.69, 9.17) is 5.26 Å². The minimum atomic E-state index is -4.07. The van der Waals surface area contributed by atoms with Crippen LogP contribution in [0.4, 0.5) is 5.69 Å². The highest BCUT2D eigenvalue weighted by Crippen LogP contribution is 2.29. The predicted octanol–water partition coefficient (Wildman–Crippen LogP) is 2.36. The Balaban J connectivity index is 1.79. The third kappa shape index (κ3) is 4.85. The Morgan fingerprint density at radius 3 is 2.44 bits per heavy atom. The number of carbonyl (C=O) groups is 1. The van der Waals surface area contributed by atoms with Gasteiger partial charge in [0.05, 0.1) is 22.6 Å². The van der Waals surface area contributed by atoms with Gasteiger partial charge in [0.1, 0.15) is 5.78 Å². The lowest BCUT2D eigenvalue weighted by molar-refractivity contribution is -0.387. The molecule has 0 radical (unpaired) electrons. The van der Waals surface area contributed by atoms with Crippen LogP contribution >= 0.6 is 0 Å². The summed E-state index contributed by atoms with van der Waals surface area (Å²) < 4.78 is 27.7. The third-order valence-corrected chi connectivity index (χ3v) is 7.73. The van der Waals surface area contributed by atoms with Crippen molar-refractivity contribution in [1.82, 2.24) is 9.21 Å². The molecule has 2 aromatic rings. The summed E-state index contributed by atoms with van der Waals surface area (Å²) >= 11 is 0. The van der Waals surface area contributed by atoms with Gasteiger partial charge in [-0.15, -0.1) is 0 Å². The van der Waals surface area contributed by atoms with E-state index in [0.717, 1.165) is 5.56 Å². The van der Waals surface area contributed by atoms with E-state index in [9.17, 15) is 23.3 Å². The van der Waals surface area contributed by atoms with Crippen LogP contribution in [0.15, 0.2) is 53.4 Å². The van der Waals surface area contributed by atoms with Crippen LogP contribution in [-0.2, 0) is 21.2 Å². The largest absolute Gasteiger partial charge is 0.298 e. The molecule has 2 aromatic carbocycles. The molecule has 9 nitrogen and oxygen atoms in total. The molecule has 0 saturated carbocycles. The molecule has 0 amide bonds. The van der Waals surface area contributed by atoms with Gasteiger partial charge in [-0.1, -0.05) is 24.3 Å². The predicted molar refractivity (Wildman–Crippen MR) is 117 cm³/mol. The van der Waals surface area contributed by atoms with Crippen LogP contribution in [-0.4, -0.2) is 60.0 Å². The van der Waals surface area contributed by atoms with Gasteiger partial charge >= 0.3 is 0 Å². The van der Waals surface area contributed by atoms with Crippen molar-refractivity contribution < 1.29 is 18.1 Å². The lowest BCUT2D eigenvalue weighted by atomic mass is 9.99. The molecule has 2 atom stereocenters. The fraction of sp³-hybridized carbons (Fsp3) is 0.364. The number of Topliss-reactive ketones (excluding diaryl/α,β-unsaturated/α-hetero) is 1. The van der Waals surface area contributed by atoms with Crippen molar-refractivity contribution in [1.29, 1.82) is 5.26 Å². The van der Waals surface area contributed by atoms with Gasteiger partial charge in [0.15, 0.2) is 4.90 Å². The molecule has 0 aliphatic carbocycles. The van der Waals surface area contributed by atoms with Crippen molar-refractivity contribution in [2.45, 2.75) is 37.2 Å². The highest BCUT2D eigenvalue weighted by Gasteiger charge is 2.39. The molecule has 10 heteroatoms. The summed E-state index contributed by atoms with van der Waals surface area (Å²) in [4.78, 5) is 24.6. The van der Waals surface area contributed by atoms with Crippen LogP contribution in [0.3, 0.4) is 0 Å². The van der Waals surface area contributed by atoms with Crippen LogP contribution in [0, 0.1) is 21.4 Å². The molecular formula is C22H24N4O5S. The first-order valence-corrected chi connectivity index (χ1v) is 11.6. The van der Waals surface area contributed by atoms with E-state index in [0.29, 0.717) is 25.1 Å². The second-order valence-electron chi connectivity index (χ2n) is 7.82. The minimum Gasteiger partial charge on any atom is -0.298 e. The normalized spacial score (nSPS) is 18.6. The molecule has 3 rings (SSSR count). The van der Waals surface area contributed by atoms with Gasteiger partial charge in [-0.3, -0.25) is 19.8 Å². The van der Waals surface area contributed by atoms with Crippen molar-refractivity contribution in [2.75, 3.05) is 19.6 Å². The van der Waals surface area contributed by atoms with Gasteiger partial charge < -0.3 is 0 Å². The first-order valence-electron chi connectivity index (χ1n) is 10.1. The van der Waals surface area contributed by atoms with Gasteiger partial charge in [0.25, 0.3) is 5.69 Å². The minimum absolute atomic E-state index is 0.0310. The standard InChI is InChI=1S/C22H24N4O5S/c1-16-15-24(21(17(2)27)13-18-7-9-19(14-23)10-8-18)11-12-25(16)32(30,31)22-6-4-3-5-20(22)26(28)29/h3-10,16,21H,11-13,15H2,1-2H3/t16-,21-/m0/s1. The Morgan fingerprint density at radius 1 is 1.22 bits per heavy atom. The Bertz CT molecular complexity index is 1160. The molecule has 0 aromatic heterocycles. The summed E-state index contributed by atoms with van der Waals surface area (Å²) in [5.74, 6) is -0.0310. The topological polar surface area (TPSA) is 125 Å². The summed E-state index contributed by atoms with van der Waals surface area (Å²) in [5, 5.41) is 20.3. The van der Waals surface area contributed by atoms with E-state index in [-0.39, 0.29) is 17.2 Å². The number of piperazine rings is 1. The SMILES string of the molecule is CC(=O)[C@H](Cc1ccc(C#N)cc1)N1CCN(S(=O)(=O)c2ccccc2[N+](=O)[O-])[C@@H](C)C1. The summed E-state index contributed by atoms with van der Waals surface area (Å²) in [6.45, 7) is 4.00. The zero-order valence-electron chi connectivity index (χ0n) is 17.8. The van der Waals surface area contributed by atoms with E-state index in [2.05, 4.69) is 6.07 Å². The van der Waals surface area contributed by atoms with Crippen LogP contribution in [0.2, 0.25) is 0 Å². The Kier molecular flexibility index (Phi) is 7.03. The number of nitriles is 1. The smallest absolute Gasteiger partial charge is 0.289 e. The van der Waals surface area contributed by atoms with Crippen molar-refractivity contribution in [3.8, 4) is 6.07 Å². The molecule has 1 heterocycles. The quantitative estimate of drug-likeness (QED) is 0.462. The molecule has 1 aliphatic rings. The number of nitro groups is 1. The molecule has 1 saturated heterocycles. The van der Waals surface area contributed by atoms with Crippen molar-refractivity contribution in [3.05, 3.63) is 69.8 Å². The Morgan fingerprint density at radius 2 is 1.88 bits per heavy atom. The fourth-order valence-electron chi connectivity index (χ4n) is 4.03. The van der Waals surface area contributed by atoms with Gasteiger partial charge in [-0.25, -0.2) is 8.42 Å². The number of para-hydroxylation sites is 1. The highest BCUT2D eigenvalue weighted by molar-refractivity contribution is 7.89. The van der Waals surface area contributed by atoms with Crippen LogP contribution < -0.4 is 0 Å². The molecule has 1 fully saturated rings. The summed E-state index contributed by atoms with van der Waals surface area (Å²) in [6, 6.07) is 13.5. The van der Waals surface area contributed by atoms with Crippen molar-refractivity contribution in [3.63, 3.8) is 0 Å². The van der Waals surface area contributed by atoms with Crippen LogP contribution in [0.5, 0.6) is 0 Å². The third-order valence-electron chi connectivity index (χ3n) is 5.67. The van der Waals surface area contributed by atoms with E-state index >= 15 is 0 Å². The molecule has 0 N–H and O–H groups in total. The number of benzene rings is 2. The average molecular weight is 457 g/mol. The molecule has 1 aliphatic heterocycles. The number of ketones is 1. The summed E-state index contributed by atoms with van der Waals surface area (Å²) in [5.41, 5.74) is 0.993. The molecule has 0 spiro atoms. The van der Waals surface area contributed by atoms with Gasteiger partial charge in [0.2, 0.25) is 10.0 Å². The lowest BCUT2D eigenvalue weighted by Gasteiger charge is -2.41. The summed E-state index contributed by atoms with van der Waals surface area (Å²) in [7, 11) is -4.07. The molecule has 32 heavy (non-hydrogen) atoms. The number of hydrogen-bond donors (Lipinski definition) is 0. The first kappa shape index (κ1) is 23.5. The van der Waals surface area contributed by atoms with E-state index in [1.807, 2.05) is 17.0 Å². The zero-order chi connectivity index (χ0) is 23.5. The summed E-state index contributed by atoms with van der Waals surface area (Å²) in [6.07, 6.45) is 0.449. The number of sulfonamides is 1. The Hall–Kier alpha value is -3.13. The monoisotopic (exact) mass is 456 g/mol.